The van der Waals surface area contributed by atoms with E-state index in [1.807, 2.05) is 13.0 Å². The van der Waals surface area contributed by atoms with Gasteiger partial charge in [0.05, 0.1) is 12.8 Å². The SMILES string of the molecule is COc1ccc(C)cc1NC(=O)COC(=O)c1cc(Br)ccc1O. The third-order valence-electron chi connectivity index (χ3n) is 3.14. The number of nitrogens with one attached hydrogen (secondary N) is 1. The monoisotopic (exact) mass is 393 g/mol. The second kappa shape index (κ2) is 7.83. The maximum Gasteiger partial charge on any atom is 0.342 e. The lowest BCUT2D eigenvalue weighted by molar-refractivity contribution is -0.119. The molecule has 2 N–H and O–H groups in total. The molecule has 0 saturated heterocycles. The Morgan fingerprint density at radius 2 is 1.96 bits per heavy atom. The predicted octanol–water partition coefficient (Wildman–Crippen LogP) is 3.27. The molecule has 7 heteroatoms. The van der Waals surface area contributed by atoms with Gasteiger partial charge in [-0.25, -0.2) is 4.79 Å². The molecule has 0 atom stereocenters. The second-order valence-electron chi connectivity index (χ2n) is 4.99. The molecule has 0 bridgehead atoms. The first-order valence-corrected chi connectivity index (χ1v) is 7.80. The standard InChI is InChI=1S/C17H16BrNO5/c1-10-3-6-15(23-2)13(7-10)19-16(21)9-24-17(22)12-8-11(18)4-5-14(12)20/h3-8,20H,9H2,1-2H3,(H,19,21). The molecule has 0 spiro atoms. The number of esters is 1. The van der Waals surface area contributed by atoms with E-state index in [1.165, 1.54) is 19.2 Å². The van der Waals surface area contributed by atoms with Gasteiger partial charge in [0, 0.05) is 4.47 Å². The third kappa shape index (κ3) is 4.48. The molecule has 0 unspecified atom stereocenters. The first-order chi connectivity index (χ1) is 11.4. The van der Waals surface area contributed by atoms with E-state index in [4.69, 9.17) is 9.47 Å². The van der Waals surface area contributed by atoms with Gasteiger partial charge in [-0.1, -0.05) is 22.0 Å². The number of methoxy groups -OCH3 is 1. The van der Waals surface area contributed by atoms with Crippen LogP contribution >= 0.6 is 15.9 Å². The summed E-state index contributed by atoms with van der Waals surface area (Å²) in [6.07, 6.45) is 0. The van der Waals surface area contributed by atoms with Crippen molar-refractivity contribution in [2.45, 2.75) is 6.92 Å². The van der Waals surface area contributed by atoms with Gasteiger partial charge in [-0.3, -0.25) is 4.79 Å². The van der Waals surface area contributed by atoms with Gasteiger partial charge in [-0.15, -0.1) is 0 Å². The largest absolute Gasteiger partial charge is 0.507 e. The Balaban J connectivity index is 2.00. The Kier molecular flexibility index (Phi) is 5.81. The van der Waals surface area contributed by atoms with Crippen LogP contribution in [0.25, 0.3) is 0 Å². The Morgan fingerprint density at radius 1 is 1.21 bits per heavy atom. The van der Waals surface area contributed by atoms with E-state index in [1.54, 1.807) is 18.2 Å². The fourth-order valence-electron chi connectivity index (χ4n) is 1.99. The zero-order chi connectivity index (χ0) is 17.7. The number of hydrogen-bond acceptors (Lipinski definition) is 5. The van der Waals surface area contributed by atoms with Gasteiger partial charge in [0.1, 0.15) is 17.1 Å². The highest BCUT2D eigenvalue weighted by Crippen LogP contribution is 2.25. The molecule has 24 heavy (non-hydrogen) atoms. The third-order valence-corrected chi connectivity index (χ3v) is 3.64. The van der Waals surface area contributed by atoms with E-state index in [0.717, 1.165) is 5.56 Å². The van der Waals surface area contributed by atoms with Gasteiger partial charge in [0.15, 0.2) is 6.61 Å². The maximum atomic E-state index is 12.0. The van der Waals surface area contributed by atoms with Gasteiger partial charge in [0.2, 0.25) is 0 Å². The first-order valence-electron chi connectivity index (χ1n) is 7.01. The molecular weight excluding hydrogens is 378 g/mol. The van der Waals surface area contributed by atoms with Crippen LogP contribution in [0.15, 0.2) is 40.9 Å². The molecule has 0 aliphatic heterocycles. The predicted molar refractivity (Wildman–Crippen MR) is 92.5 cm³/mol. The van der Waals surface area contributed by atoms with Crippen LogP contribution in [-0.4, -0.2) is 30.7 Å². The zero-order valence-electron chi connectivity index (χ0n) is 13.1. The Hall–Kier alpha value is -2.54. The molecule has 2 aromatic rings. The van der Waals surface area contributed by atoms with E-state index in [2.05, 4.69) is 21.2 Å². The van der Waals surface area contributed by atoms with Crippen LogP contribution in [-0.2, 0) is 9.53 Å². The lowest BCUT2D eigenvalue weighted by Gasteiger charge is -2.11. The molecule has 2 aromatic carbocycles. The highest BCUT2D eigenvalue weighted by atomic mass is 79.9. The number of carbonyl (C=O) groups excluding carboxylic acids is 2. The zero-order valence-corrected chi connectivity index (χ0v) is 14.7. The summed E-state index contributed by atoms with van der Waals surface area (Å²) in [4.78, 5) is 23.9. The number of anilines is 1. The van der Waals surface area contributed by atoms with Crippen LogP contribution in [0.4, 0.5) is 5.69 Å². The molecule has 1 amide bonds. The summed E-state index contributed by atoms with van der Waals surface area (Å²) in [5.41, 5.74) is 1.41. The summed E-state index contributed by atoms with van der Waals surface area (Å²) in [5, 5.41) is 12.3. The van der Waals surface area contributed by atoms with Crippen LogP contribution in [0.3, 0.4) is 0 Å². The summed E-state index contributed by atoms with van der Waals surface area (Å²) in [7, 11) is 1.50. The number of rotatable bonds is 5. The van der Waals surface area contributed by atoms with Crippen molar-refractivity contribution in [2.75, 3.05) is 19.0 Å². The van der Waals surface area contributed by atoms with Crippen LogP contribution in [0.1, 0.15) is 15.9 Å². The van der Waals surface area contributed by atoms with Crippen molar-refractivity contribution in [3.63, 3.8) is 0 Å². The van der Waals surface area contributed by atoms with Gasteiger partial charge < -0.3 is 19.9 Å². The summed E-state index contributed by atoms with van der Waals surface area (Å²) in [6.45, 7) is 1.40. The molecule has 0 heterocycles. The minimum Gasteiger partial charge on any atom is -0.507 e. The number of halogens is 1. The molecular formula is C17H16BrNO5. The molecule has 0 fully saturated rings. The number of aromatic hydroxyl groups is 1. The Labute approximate surface area is 147 Å². The topological polar surface area (TPSA) is 84.9 Å². The smallest absolute Gasteiger partial charge is 0.342 e. The number of carbonyl (C=O) groups is 2. The number of phenolic OH excluding ortho intramolecular Hbond substituents is 1. The molecule has 0 aliphatic carbocycles. The molecule has 126 valence electrons. The van der Waals surface area contributed by atoms with Crippen molar-refractivity contribution in [3.8, 4) is 11.5 Å². The van der Waals surface area contributed by atoms with E-state index in [-0.39, 0.29) is 11.3 Å². The first kappa shape index (κ1) is 17.8. The van der Waals surface area contributed by atoms with Gasteiger partial charge in [-0.05, 0) is 42.8 Å². The fraction of sp³-hybridized carbons (Fsp3) is 0.176. The molecule has 0 radical (unpaired) electrons. The van der Waals surface area contributed by atoms with E-state index in [0.29, 0.717) is 15.9 Å². The van der Waals surface area contributed by atoms with Crippen molar-refractivity contribution in [1.82, 2.24) is 0 Å². The van der Waals surface area contributed by atoms with E-state index in [9.17, 15) is 14.7 Å². The van der Waals surface area contributed by atoms with Crippen molar-refractivity contribution >= 4 is 33.5 Å². The number of ether oxygens (including phenoxy) is 2. The minimum absolute atomic E-state index is 0.0229. The summed E-state index contributed by atoms with van der Waals surface area (Å²) in [5.74, 6) is -1.02. The number of phenols is 1. The Bertz CT molecular complexity index is 776. The van der Waals surface area contributed by atoms with Crippen molar-refractivity contribution < 1.29 is 24.2 Å². The molecule has 0 saturated carbocycles. The highest BCUT2D eigenvalue weighted by molar-refractivity contribution is 9.10. The highest BCUT2D eigenvalue weighted by Gasteiger charge is 2.15. The van der Waals surface area contributed by atoms with Gasteiger partial charge in [-0.2, -0.15) is 0 Å². The lowest BCUT2D eigenvalue weighted by atomic mass is 10.2. The maximum absolute atomic E-state index is 12.0. The number of hydrogen-bond donors (Lipinski definition) is 2. The van der Waals surface area contributed by atoms with Crippen molar-refractivity contribution in [1.29, 1.82) is 0 Å². The molecule has 0 aromatic heterocycles. The summed E-state index contributed by atoms with van der Waals surface area (Å²) >= 11 is 3.20. The second-order valence-corrected chi connectivity index (χ2v) is 5.91. The normalized spacial score (nSPS) is 10.1. The molecule has 2 rings (SSSR count). The van der Waals surface area contributed by atoms with Crippen molar-refractivity contribution in [2.24, 2.45) is 0 Å². The number of benzene rings is 2. The van der Waals surface area contributed by atoms with Crippen LogP contribution < -0.4 is 10.1 Å². The summed E-state index contributed by atoms with van der Waals surface area (Å²) in [6, 6.07) is 9.69. The average molecular weight is 394 g/mol. The number of amides is 1. The van der Waals surface area contributed by atoms with Crippen LogP contribution in [0, 0.1) is 6.92 Å². The quantitative estimate of drug-likeness (QED) is 0.761. The lowest BCUT2D eigenvalue weighted by Crippen LogP contribution is -2.21. The Morgan fingerprint density at radius 3 is 2.67 bits per heavy atom. The minimum atomic E-state index is -0.792. The fourth-order valence-corrected chi connectivity index (χ4v) is 2.35. The molecule has 6 nitrogen and oxygen atoms in total. The van der Waals surface area contributed by atoms with Gasteiger partial charge in [0.25, 0.3) is 5.91 Å². The van der Waals surface area contributed by atoms with Gasteiger partial charge >= 0.3 is 5.97 Å². The number of aryl methyl sites for hydroxylation is 1. The average Bonchev–Trinajstić information content (AvgIpc) is 2.55. The summed E-state index contributed by atoms with van der Waals surface area (Å²) < 4.78 is 10.7. The van der Waals surface area contributed by atoms with Crippen LogP contribution in [0.2, 0.25) is 0 Å². The van der Waals surface area contributed by atoms with Crippen molar-refractivity contribution in [3.05, 3.63) is 52.0 Å². The van der Waals surface area contributed by atoms with E-state index >= 15 is 0 Å². The van der Waals surface area contributed by atoms with E-state index < -0.39 is 18.5 Å². The molecule has 0 aliphatic rings. The van der Waals surface area contributed by atoms with Crippen LogP contribution in [0.5, 0.6) is 11.5 Å².